The molecule has 3 rings (SSSR count). The van der Waals surface area contributed by atoms with E-state index in [9.17, 15) is 19.5 Å². The minimum atomic E-state index is -0.487. The second-order valence-corrected chi connectivity index (χ2v) is 8.33. The summed E-state index contributed by atoms with van der Waals surface area (Å²) in [6.07, 6.45) is 6.64. The van der Waals surface area contributed by atoms with Gasteiger partial charge in [-0.25, -0.2) is 4.79 Å². The predicted octanol–water partition coefficient (Wildman–Crippen LogP) is 3.59. The molecule has 1 atom stereocenters. The van der Waals surface area contributed by atoms with Crippen molar-refractivity contribution in [2.45, 2.75) is 25.3 Å². The number of carbonyl (C=O) groups is 3. The van der Waals surface area contributed by atoms with Gasteiger partial charge in [-0.3, -0.25) is 9.59 Å². The van der Waals surface area contributed by atoms with E-state index in [0.29, 0.717) is 30.0 Å². The fraction of sp³-hybridized carbons (Fsp3) is 0.296. The molecule has 36 heavy (non-hydrogen) atoms. The van der Waals surface area contributed by atoms with Gasteiger partial charge in [-0.1, -0.05) is 24.3 Å². The number of ether oxygens (including phenoxy) is 3. The Morgan fingerprint density at radius 1 is 0.972 bits per heavy atom. The van der Waals surface area contributed by atoms with Crippen molar-refractivity contribution in [2.24, 2.45) is 5.73 Å². The molecule has 2 aromatic rings. The highest BCUT2D eigenvalue weighted by molar-refractivity contribution is 6.10. The Labute approximate surface area is 209 Å². The molecule has 0 aliphatic carbocycles. The minimum Gasteiger partial charge on any atom is -0.504 e. The van der Waals surface area contributed by atoms with E-state index >= 15 is 0 Å². The molecule has 0 bridgehead atoms. The highest BCUT2D eigenvalue weighted by Crippen LogP contribution is 2.30. The molecule has 1 aliphatic heterocycles. The van der Waals surface area contributed by atoms with Gasteiger partial charge in [-0.05, 0) is 60.4 Å². The summed E-state index contributed by atoms with van der Waals surface area (Å²) in [6, 6.07) is 9.50. The largest absolute Gasteiger partial charge is 0.504 e. The summed E-state index contributed by atoms with van der Waals surface area (Å²) in [5.74, 6) is 0.142. The number of amides is 1. The van der Waals surface area contributed by atoms with Crippen molar-refractivity contribution in [2.75, 3.05) is 27.3 Å². The SMILES string of the molecule is COc1cc(C=CC(=O)CC(=O)C=Cc2ccc(OC(=O)N3CCCC(N)C3)c(OC)c2)ccc1O. The van der Waals surface area contributed by atoms with Gasteiger partial charge < -0.3 is 30.0 Å². The van der Waals surface area contributed by atoms with Crippen molar-refractivity contribution >= 4 is 29.8 Å². The van der Waals surface area contributed by atoms with Gasteiger partial charge in [0.05, 0.1) is 20.6 Å². The van der Waals surface area contributed by atoms with Crippen LogP contribution in [0.2, 0.25) is 0 Å². The number of phenols is 1. The summed E-state index contributed by atoms with van der Waals surface area (Å²) in [6.45, 7) is 1.04. The van der Waals surface area contributed by atoms with E-state index in [1.807, 2.05) is 0 Å². The van der Waals surface area contributed by atoms with Gasteiger partial charge in [0.15, 0.2) is 34.6 Å². The minimum absolute atomic E-state index is 0.00384. The number of piperidine rings is 1. The summed E-state index contributed by atoms with van der Waals surface area (Å²) in [5.41, 5.74) is 7.22. The average molecular weight is 495 g/mol. The van der Waals surface area contributed by atoms with Crippen molar-refractivity contribution in [1.29, 1.82) is 0 Å². The van der Waals surface area contributed by atoms with Gasteiger partial charge in [0, 0.05) is 19.1 Å². The molecule has 1 fully saturated rings. The molecule has 0 aromatic heterocycles. The van der Waals surface area contributed by atoms with E-state index in [1.54, 1.807) is 47.4 Å². The molecular weight excluding hydrogens is 464 g/mol. The highest BCUT2D eigenvalue weighted by Gasteiger charge is 2.23. The zero-order valence-corrected chi connectivity index (χ0v) is 20.3. The number of nitrogens with zero attached hydrogens (tertiary/aromatic N) is 1. The first kappa shape index (κ1) is 26.5. The molecule has 0 radical (unpaired) electrons. The van der Waals surface area contributed by atoms with Crippen LogP contribution in [0.4, 0.5) is 4.79 Å². The number of ketones is 2. The van der Waals surface area contributed by atoms with Crippen LogP contribution in [0, 0.1) is 0 Å². The Hall–Kier alpha value is -4.11. The number of nitrogens with two attached hydrogens (primary N) is 1. The number of phenolic OH excluding ortho intramolecular Hbond substituents is 1. The lowest BCUT2D eigenvalue weighted by Gasteiger charge is -2.29. The molecule has 0 spiro atoms. The first-order valence-electron chi connectivity index (χ1n) is 11.5. The fourth-order valence-electron chi connectivity index (χ4n) is 3.67. The van der Waals surface area contributed by atoms with E-state index in [1.165, 1.54) is 32.4 Å². The molecule has 1 unspecified atom stereocenters. The average Bonchev–Trinajstić information content (AvgIpc) is 2.87. The maximum Gasteiger partial charge on any atom is 0.415 e. The molecule has 2 aromatic carbocycles. The summed E-state index contributed by atoms with van der Waals surface area (Å²) < 4.78 is 15.9. The van der Waals surface area contributed by atoms with Crippen molar-refractivity contribution in [3.8, 4) is 23.0 Å². The second-order valence-electron chi connectivity index (χ2n) is 8.33. The second kappa shape index (κ2) is 12.6. The molecule has 9 heteroatoms. The lowest BCUT2D eigenvalue weighted by atomic mass is 10.1. The maximum absolute atomic E-state index is 12.5. The van der Waals surface area contributed by atoms with Gasteiger partial charge >= 0.3 is 6.09 Å². The predicted molar refractivity (Wildman–Crippen MR) is 135 cm³/mol. The first-order chi connectivity index (χ1) is 17.3. The van der Waals surface area contributed by atoms with E-state index in [0.717, 1.165) is 12.8 Å². The summed E-state index contributed by atoms with van der Waals surface area (Å²) in [5, 5.41) is 9.63. The van der Waals surface area contributed by atoms with Crippen molar-refractivity contribution in [3.63, 3.8) is 0 Å². The molecule has 1 amide bonds. The number of methoxy groups -OCH3 is 2. The van der Waals surface area contributed by atoms with Crippen molar-refractivity contribution in [1.82, 2.24) is 4.90 Å². The number of allylic oxidation sites excluding steroid dienone is 2. The normalized spacial score (nSPS) is 15.8. The summed E-state index contributed by atoms with van der Waals surface area (Å²) >= 11 is 0. The van der Waals surface area contributed by atoms with E-state index in [-0.39, 0.29) is 41.3 Å². The third kappa shape index (κ3) is 7.44. The van der Waals surface area contributed by atoms with Crippen molar-refractivity contribution < 1.29 is 33.7 Å². The van der Waals surface area contributed by atoms with Crippen LogP contribution >= 0.6 is 0 Å². The zero-order valence-electron chi connectivity index (χ0n) is 20.3. The smallest absolute Gasteiger partial charge is 0.415 e. The van der Waals surface area contributed by atoms with Gasteiger partial charge in [0.2, 0.25) is 0 Å². The topological polar surface area (TPSA) is 128 Å². The number of aromatic hydroxyl groups is 1. The lowest BCUT2D eigenvalue weighted by Crippen LogP contribution is -2.46. The van der Waals surface area contributed by atoms with Gasteiger partial charge in [-0.15, -0.1) is 0 Å². The van der Waals surface area contributed by atoms with E-state index in [2.05, 4.69) is 0 Å². The van der Waals surface area contributed by atoms with Crippen LogP contribution in [0.1, 0.15) is 30.4 Å². The zero-order chi connectivity index (χ0) is 26.1. The van der Waals surface area contributed by atoms with Gasteiger partial charge in [-0.2, -0.15) is 0 Å². The molecule has 1 aliphatic rings. The molecule has 1 heterocycles. The van der Waals surface area contributed by atoms with E-state index < -0.39 is 6.09 Å². The standard InChI is InChI=1S/C27H30N2O7/c1-34-25-14-18(7-11-23(25)32)5-9-21(30)16-22(31)10-6-19-8-12-24(26(15-19)35-2)36-27(33)29-13-3-4-20(28)17-29/h5-12,14-15,20,32H,3-4,13,16-17,28H2,1-2H3. The number of hydrogen-bond donors (Lipinski definition) is 2. The fourth-order valence-corrected chi connectivity index (χ4v) is 3.67. The van der Waals surface area contributed by atoms with Crippen LogP contribution in [0.15, 0.2) is 48.6 Å². The molecule has 1 saturated heterocycles. The van der Waals surface area contributed by atoms with Crippen LogP contribution in [0.3, 0.4) is 0 Å². The number of benzene rings is 2. The quantitative estimate of drug-likeness (QED) is 0.400. The number of rotatable bonds is 9. The number of likely N-dealkylation sites (tertiary alicyclic amines) is 1. The van der Waals surface area contributed by atoms with Crippen LogP contribution < -0.4 is 19.9 Å². The molecular formula is C27H30N2O7. The molecule has 190 valence electrons. The van der Waals surface area contributed by atoms with Crippen LogP contribution in [0.5, 0.6) is 23.0 Å². The summed E-state index contributed by atoms with van der Waals surface area (Å²) in [7, 11) is 2.89. The number of carbonyl (C=O) groups excluding carboxylic acids is 3. The van der Waals surface area contributed by atoms with Crippen LogP contribution in [0.25, 0.3) is 12.2 Å². The third-order valence-corrected chi connectivity index (χ3v) is 5.58. The third-order valence-electron chi connectivity index (χ3n) is 5.58. The summed E-state index contributed by atoms with van der Waals surface area (Å²) in [4.78, 5) is 38.4. The first-order valence-corrected chi connectivity index (χ1v) is 11.5. The molecule has 3 N–H and O–H groups in total. The Morgan fingerprint density at radius 2 is 1.58 bits per heavy atom. The Kier molecular flexibility index (Phi) is 9.24. The highest BCUT2D eigenvalue weighted by atomic mass is 16.6. The number of hydrogen-bond acceptors (Lipinski definition) is 8. The van der Waals surface area contributed by atoms with Crippen LogP contribution in [-0.4, -0.2) is 61.0 Å². The monoisotopic (exact) mass is 494 g/mol. The van der Waals surface area contributed by atoms with E-state index in [4.69, 9.17) is 19.9 Å². The maximum atomic E-state index is 12.5. The Morgan fingerprint density at radius 3 is 2.19 bits per heavy atom. The van der Waals surface area contributed by atoms with Crippen molar-refractivity contribution in [3.05, 3.63) is 59.7 Å². The molecule has 0 saturated carbocycles. The van der Waals surface area contributed by atoms with Gasteiger partial charge in [0.1, 0.15) is 0 Å². The van der Waals surface area contributed by atoms with Crippen LogP contribution in [-0.2, 0) is 9.59 Å². The lowest BCUT2D eigenvalue weighted by molar-refractivity contribution is -0.121. The van der Waals surface area contributed by atoms with Gasteiger partial charge in [0.25, 0.3) is 0 Å². The Bertz CT molecular complexity index is 1170. The Balaban J connectivity index is 1.57. The molecule has 9 nitrogen and oxygen atoms in total.